The zero-order chi connectivity index (χ0) is 9.31. The van der Waals surface area contributed by atoms with Gasteiger partial charge in [-0.15, -0.1) is 0 Å². The first-order valence-electron chi connectivity index (χ1n) is 5.69. The van der Waals surface area contributed by atoms with Crippen molar-refractivity contribution in [2.45, 2.75) is 50.6 Å². The lowest BCUT2D eigenvalue weighted by molar-refractivity contribution is 0.0973. The molecule has 2 heterocycles. The van der Waals surface area contributed by atoms with Crippen molar-refractivity contribution in [1.82, 2.24) is 10.2 Å². The molecule has 0 spiro atoms. The molecule has 0 bridgehead atoms. The standard InChI is InChI=1S/C10H21BN2/c1-10(11)6-8-13-7-4-2-3-5-9(13)12-10/h9,12H,2-8,11H2,1H3. The highest BCUT2D eigenvalue weighted by Gasteiger charge is 2.32. The van der Waals surface area contributed by atoms with Gasteiger partial charge in [-0.05, 0) is 31.2 Å². The van der Waals surface area contributed by atoms with Gasteiger partial charge in [-0.25, -0.2) is 0 Å². The van der Waals surface area contributed by atoms with Gasteiger partial charge < -0.3 is 5.32 Å². The van der Waals surface area contributed by atoms with E-state index in [4.69, 9.17) is 0 Å². The number of nitrogens with one attached hydrogen (secondary N) is 1. The van der Waals surface area contributed by atoms with E-state index in [1.807, 2.05) is 0 Å². The van der Waals surface area contributed by atoms with Crippen LogP contribution < -0.4 is 5.32 Å². The van der Waals surface area contributed by atoms with Gasteiger partial charge in [-0.2, -0.15) is 0 Å². The monoisotopic (exact) mass is 180 g/mol. The summed E-state index contributed by atoms with van der Waals surface area (Å²) in [6.45, 7) is 4.94. The number of rotatable bonds is 0. The molecule has 2 fully saturated rings. The van der Waals surface area contributed by atoms with Crippen LogP contribution in [0.5, 0.6) is 0 Å². The lowest BCUT2D eigenvalue weighted by atomic mass is 9.75. The SMILES string of the molecule is BC1(C)CCN2CCCCCC2N1. The molecule has 2 rings (SSSR count). The van der Waals surface area contributed by atoms with Crippen LogP contribution in [0.15, 0.2) is 0 Å². The van der Waals surface area contributed by atoms with E-state index in [-0.39, 0.29) is 0 Å². The Bertz CT molecular complexity index is 182. The molecular formula is C10H21BN2. The molecule has 2 aliphatic heterocycles. The fourth-order valence-corrected chi connectivity index (χ4v) is 2.55. The van der Waals surface area contributed by atoms with Gasteiger partial charge in [0.1, 0.15) is 7.85 Å². The summed E-state index contributed by atoms with van der Waals surface area (Å²) in [6.07, 6.45) is 7.55. The van der Waals surface area contributed by atoms with Crippen LogP contribution in [0.25, 0.3) is 0 Å². The second-order valence-corrected chi connectivity index (χ2v) is 5.18. The average Bonchev–Trinajstić information content (AvgIpc) is 2.27. The maximum absolute atomic E-state index is 3.76. The van der Waals surface area contributed by atoms with Gasteiger partial charge >= 0.3 is 0 Å². The largest absolute Gasteiger partial charge is 0.304 e. The van der Waals surface area contributed by atoms with Crippen LogP contribution in [-0.4, -0.2) is 37.4 Å². The van der Waals surface area contributed by atoms with Gasteiger partial charge in [0.15, 0.2) is 0 Å². The van der Waals surface area contributed by atoms with Crippen LogP contribution in [0.1, 0.15) is 39.0 Å². The minimum Gasteiger partial charge on any atom is -0.304 e. The minimum absolute atomic E-state index is 0.367. The van der Waals surface area contributed by atoms with Crippen LogP contribution in [-0.2, 0) is 0 Å². The van der Waals surface area contributed by atoms with E-state index < -0.39 is 0 Å². The van der Waals surface area contributed by atoms with Gasteiger partial charge in [0, 0.05) is 6.54 Å². The van der Waals surface area contributed by atoms with E-state index >= 15 is 0 Å². The Morgan fingerprint density at radius 2 is 2.15 bits per heavy atom. The van der Waals surface area contributed by atoms with Crippen molar-refractivity contribution in [3.8, 4) is 0 Å². The van der Waals surface area contributed by atoms with E-state index in [0.717, 1.165) is 0 Å². The van der Waals surface area contributed by atoms with Crippen molar-refractivity contribution in [1.29, 1.82) is 0 Å². The molecule has 0 amide bonds. The summed E-state index contributed by atoms with van der Waals surface area (Å²) in [5.74, 6) is 0. The topological polar surface area (TPSA) is 15.3 Å². The first kappa shape index (κ1) is 9.54. The number of hydrogen-bond acceptors (Lipinski definition) is 2. The minimum atomic E-state index is 0.367. The van der Waals surface area contributed by atoms with Crippen LogP contribution >= 0.6 is 0 Å². The summed E-state index contributed by atoms with van der Waals surface area (Å²) in [5.41, 5.74) is 0.367. The Kier molecular flexibility index (Phi) is 2.66. The van der Waals surface area contributed by atoms with Crippen LogP contribution in [0.4, 0.5) is 0 Å². The fraction of sp³-hybridized carbons (Fsp3) is 1.00. The zero-order valence-corrected chi connectivity index (χ0v) is 8.97. The summed E-state index contributed by atoms with van der Waals surface area (Å²) in [4.78, 5) is 2.64. The predicted molar refractivity (Wildman–Crippen MR) is 58.5 cm³/mol. The highest BCUT2D eigenvalue weighted by atomic mass is 15.3. The molecule has 0 saturated carbocycles. The highest BCUT2D eigenvalue weighted by molar-refractivity contribution is 6.15. The van der Waals surface area contributed by atoms with Crippen molar-refractivity contribution in [2.24, 2.45) is 0 Å². The van der Waals surface area contributed by atoms with Crippen LogP contribution in [0, 0.1) is 0 Å². The maximum atomic E-state index is 3.76. The summed E-state index contributed by atoms with van der Waals surface area (Å²) in [5, 5.41) is 3.76. The zero-order valence-electron chi connectivity index (χ0n) is 8.97. The molecule has 2 atom stereocenters. The van der Waals surface area contributed by atoms with Gasteiger partial charge in [0.2, 0.25) is 0 Å². The lowest BCUT2D eigenvalue weighted by Gasteiger charge is -2.44. The summed E-state index contributed by atoms with van der Waals surface area (Å²) in [7, 11) is 2.33. The smallest absolute Gasteiger partial charge is 0.127 e. The molecule has 2 nitrogen and oxygen atoms in total. The Balaban J connectivity index is 2.00. The second-order valence-electron chi connectivity index (χ2n) is 5.18. The molecule has 13 heavy (non-hydrogen) atoms. The van der Waals surface area contributed by atoms with Gasteiger partial charge in [0.05, 0.1) is 6.17 Å². The predicted octanol–water partition coefficient (Wildman–Crippen LogP) is 0.531. The highest BCUT2D eigenvalue weighted by Crippen LogP contribution is 2.22. The molecule has 0 aliphatic carbocycles. The molecule has 1 N–H and O–H groups in total. The first-order valence-corrected chi connectivity index (χ1v) is 5.69. The molecule has 0 aromatic rings. The van der Waals surface area contributed by atoms with Crippen LogP contribution in [0.2, 0.25) is 0 Å². The fourth-order valence-electron chi connectivity index (χ4n) is 2.55. The van der Waals surface area contributed by atoms with Crippen LogP contribution in [0.3, 0.4) is 0 Å². The Morgan fingerprint density at radius 1 is 1.31 bits per heavy atom. The van der Waals surface area contributed by atoms with E-state index in [0.29, 0.717) is 11.6 Å². The molecular weight excluding hydrogens is 159 g/mol. The van der Waals surface area contributed by atoms with Crippen molar-refractivity contribution < 1.29 is 0 Å². The second kappa shape index (κ2) is 3.62. The molecule has 3 heteroatoms. The molecule has 0 aromatic carbocycles. The number of nitrogens with zero attached hydrogens (tertiary/aromatic N) is 1. The summed E-state index contributed by atoms with van der Waals surface area (Å²) < 4.78 is 0. The number of fused-ring (bicyclic) bond motifs is 1. The lowest BCUT2D eigenvalue weighted by Crippen LogP contribution is -2.61. The Hall–Kier alpha value is -0.0151. The quantitative estimate of drug-likeness (QED) is 0.547. The average molecular weight is 180 g/mol. The molecule has 2 saturated heterocycles. The maximum Gasteiger partial charge on any atom is 0.127 e. The van der Waals surface area contributed by atoms with E-state index in [9.17, 15) is 0 Å². The molecule has 2 unspecified atom stereocenters. The summed E-state index contributed by atoms with van der Waals surface area (Å²) in [6, 6.07) is 0. The van der Waals surface area contributed by atoms with Crippen molar-refractivity contribution in [2.75, 3.05) is 13.1 Å². The van der Waals surface area contributed by atoms with E-state index in [1.54, 1.807) is 0 Å². The third kappa shape index (κ3) is 2.26. The normalized spacial score (nSPS) is 42.4. The summed E-state index contributed by atoms with van der Waals surface area (Å²) >= 11 is 0. The van der Waals surface area contributed by atoms with Crippen molar-refractivity contribution >= 4 is 7.85 Å². The number of hydrogen-bond donors (Lipinski definition) is 1. The van der Waals surface area contributed by atoms with E-state index in [1.165, 1.54) is 45.2 Å². The van der Waals surface area contributed by atoms with Crippen molar-refractivity contribution in [3.63, 3.8) is 0 Å². The molecule has 0 aromatic heterocycles. The van der Waals surface area contributed by atoms with Gasteiger partial charge in [-0.1, -0.05) is 19.8 Å². The Labute approximate surface area is 82.5 Å². The third-order valence-electron chi connectivity index (χ3n) is 3.45. The Morgan fingerprint density at radius 3 is 3.00 bits per heavy atom. The van der Waals surface area contributed by atoms with E-state index in [2.05, 4.69) is 25.0 Å². The van der Waals surface area contributed by atoms with Crippen molar-refractivity contribution in [3.05, 3.63) is 0 Å². The first-order chi connectivity index (χ1) is 6.17. The molecule has 74 valence electrons. The third-order valence-corrected chi connectivity index (χ3v) is 3.45. The molecule has 2 aliphatic rings. The van der Waals surface area contributed by atoms with Gasteiger partial charge in [-0.3, -0.25) is 4.90 Å². The van der Waals surface area contributed by atoms with Gasteiger partial charge in [0.25, 0.3) is 0 Å². The molecule has 0 radical (unpaired) electrons.